The molecule has 3 atom stereocenters. The summed E-state index contributed by atoms with van der Waals surface area (Å²) < 4.78 is 43.7. The number of anilines is 2. The number of nitrogens with one attached hydrogen (secondary N) is 2. The molecule has 12 heteroatoms. The number of imidazole rings is 1. The molecule has 1 aliphatic carbocycles. The minimum Gasteiger partial charge on any atom is -0.480 e. The SMILES string of the molecule is C[C@@H]1C[C@H](n2c(Nc3ccc(OC(F)(F)F)cc3)nc3cc(C(=O)N[C@@H](C)C(=O)O)c(Cl)cc32)CC(C)(C)C1. The summed E-state index contributed by atoms with van der Waals surface area (Å²) in [5.74, 6) is -1.30. The maximum atomic E-state index is 12.8. The molecule has 0 saturated heterocycles. The standard InChI is InChI=1S/C27H30ClF3N4O4/c1-14-9-17(13-26(3,4)12-14)35-22-11-20(28)19(23(36)32-15(2)24(37)38)10-21(22)34-25(35)33-16-5-7-18(8-6-16)39-27(29,30)31/h5-8,10-11,14-15,17H,9,12-13H2,1-4H3,(H,32,36)(H,33,34)(H,37,38)/t14-,15+,17+/m1/s1. The molecule has 1 saturated carbocycles. The Morgan fingerprint density at radius 2 is 1.87 bits per heavy atom. The van der Waals surface area contributed by atoms with Crippen LogP contribution in [0.3, 0.4) is 0 Å². The summed E-state index contributed by atoms with van der Waals surface area (Å²) in [6.07, 6.45) is -2.00. The van der Waals surface area contributed by atoms with Crippen molar-refractivity contribution in [1.29, 1.82) is 0 Å². The van der Waals surface area contributed by atoms with Gasteiger partial charge < -0.3 is 25.0 Å². The van der Waals surface area contributed by atoms with Crippen LogP contribution in [0.1, 0.15) is 63.4 Å². The maximum Gasteiger partial charge on any atom is 0.573 e. The number of carbonyl (C=O) groups is 2. The number of amides is 1. The summed E-state index contributed by atoms with van der Waals surface area (Å²) in [7, 11) is 0. The van der Waals surface area contributed by atoms with Crippen molar-refractivity contribution in [3.8, 4) is 5.75 Å². The Hall–Kier alpha value is -3.47. The van der Waals surface area contributed by atoms with Crippen molar-refractivity contribution in [2.24, 2.45) is 11.3 Å². The van der Waals surface area contributed by atoms with E-state index in [4.69, 9.17) is 21.7 Å². The Balaban J connectivity index is 1.76. The van der Waals surface area contributed by atoms with Gasteiger partial charge in [-0.2, -0.15) is 0 Å². The summed E-state index contributed by atoms with van der Waals surface area (Å²) in [5, 5.41) is 14.9. The van der Waals surface area contributed by atoms with Crippen molar-refractivity contribution in [2.75, 3.05) is 5.32 Å². The summed E-state index contributed by atoms with van der Waals surface area (Å²) in [4.78, 5) is 28.7. The molecule has 0 radical (unpaired) electrons. The number of carboxylic acid groups (broad SMARTS) is 1. The van der Waals surface area contributed by atoms with Gasteiger partial charge in [0.2, 0.25) is 5.95 Å². The number of benzene rings is 2. The number of carboxylic acids is 1. The molecule has 1 amide bonds. The number of aromatic nitrogens is 2. The lowest BCUT2D eigenvalue weighted by Gasteiger charge is -2.40. The van der Waals surface area contributed by atoms with Crippen molar-refractivity contribution in [3.05, 3.63) is 47.0 Å². The average Bonchev–Trinajstić information content (AvgIpc) is 3.13. The molecule has 1 aliphatic rings. The Bertz CT molecular complexity index is 1390. The zero-order valence-electron chi connectivity index (χ0n) is 21.9. The van der Waals surface area contributed by atoms with Gasteiger partial charge in [-0.25, -0.2) is 4.98 Å². The van der Waals surface area contributed by atoms with Crippen molar-refractivity contribution < 1.29 is 32.6 Å². The topological polar surface area (TPSA) is 105 Å². The fourth-order valence-corrected chi connectivity index (χ4v) is 5.69. The van der Waals surface area contributed by atoms with Crippen LogP contribution in [0.5, 0.6) is 5.75 Å². The summed E-state index contributed by atoms with van der Waals surface area (Å²) in [6, 6.07) is 7.40. The number of rotatable bonds is 7. The highest BCUT2D eigenvalue weighted by molar-refractivity contribution is 6.34. The molecule has 1 heterocycles. The smallest absolute Gasteiger partial charge is 0.480 e. The van der Waals surface area contributed by atoms with Gasteiger partial charge >= 0.3 is 12.3 Å². The Morgan fingerprint density at radius 3 is 2.46 bits per heavy atom. The molecule has 0 aliphatic heterocycles. The van der Waals surface area contributed by atoms with Crippen LogP contribution in [0.15, 0.2) is 36.4 Å². The molecule has 0 bridgehead atoms. The monoisotopic (exact) mass is 566 g/mol. The molecular weight excluding hydrogens is 537 g/mol. The lowest BCUT2D eigenvalue weighted by Crippen LogP contribution is -2.38. The van der Waals surface area contributed by atoms with E-state index >= 15 is 0 Å². The van der Waals surface area contributed by atoms with Crippen LogP contribution < -0.4 is 15.4 Å². The van der Waals surface area contributed by atoms with Gasteiger partial charge in [-0.1, -0.05) is 32.4 Å². The second kappa shape index (κ2) is 10.6. The number of halogens is 4. The van der Waals surface area contributed by atoms with Crippen LogP contribution in [0, 0.1) is 11.3 Å². The first kappa shape index (κ1) is 28.5. The van der Waals surface area contributed by atoms with Gasteiger partial charge in [0, 0.05) is 11.7 Å². The van der Waals surface area contributed by atoms with E-state index in [0.29, 0.717) is 28.6 Å². The first-order valence-corrected chi connectivity index (χ1v) is 12.9. The molecule has 39 heavy (non-hydrogen) atoms. The molecule has 4 rings (SSSR count). The molecule has 0 spiro atoms. The van der Waals surface area contributed by atoms with E-state index in [9.17, 15) is 22.8 Å². The molecule has 3 N–H and O–H groups in total. The number of nitrogens with zero attached hydrogens (tertiary/aromatic N) is 2. The third-order valence-electron chi connectivity index (χ3n) is 6.81. The second-order valence-electron chi connectivity index (χ2n) is 10.9. The number of ether oxygens (including phenoxy) is 1. The minimum absolute atomic E-state index is 0.0341. The number of aliphatic carboxylic acids is 1. The van der Waals surface area contributed by atoms with E-state index in [1.165, 1.54) is 37.3 Å². The molecule has 0 unspecified atom stereocenters. The van der Waals surface area contributed by atoms with Gasteiger partial charge in [0.05, 0.1) is 21.6 Å². The van der Waals surface area contributed by atoms with E-state index < -0.39 is 24.3 Å². The lowest BCUT2D eigenvalue weighted by molar-refractivity contribution is -0.274. The lowest BCUT2D eigenvalue weighted by atomic mass is 9.70. The number of hydrogen-bond donors (Lipinski definition) is 3. The van der Waals surface area contributed by atoms with Crippen LogP contribution in [0.2, 0.25) is 5.02 Å². The van der Waals surface area contributed by atoms with Gasteiger partial charge in [-0.3, -0.25) is 9.59 Å². The molecule has 3 aromatic rings. The zero-order valence-corrected chi connectivity index (χ0v) is 22.7. The van der Waals surface area contributed by atoms with E-state index in [1.807, 2.05) is 4.57 Å². The fraction of sp³-hybridized carbons (Fsp3) is 0.444. The summed E-state index contributed by atoms with van der Waals surface area (Å²) in [5.41, 5.74) is 1.77. The third-order valence-corrected chi connectivity index (χ3v) is 7.13. The first-order valence-electron chi connectivity index (χ1n) is 12.5. The Labute approximate surface area is 228 Å². The first-order chi connectivity index (χ1) is 18.1. The van der Waals surface area contributed by atoms with E-state index in [-0.39, 0.29) is 27.8 Å². The van der Waals surface area contributed by atoms with Gasteiger partial charge in [-0.15, -0.1) is 13.2 Å². The van der Waals surface area contributed by atoms with Crippen LogP contribution in [-0.2, 0) is 4.79 Å². The van der Waals surface area contributed by atoms with Crippen molar-refractivity contribution in [2.45, 2.75) is 65.4 Å². The Morgan fingerprint density at radius 1 is 1.21 bits per heavy atom. The number of alkyl halides is 3. The highest BCUT2D eigenvalue weighted by Crippen LogP contribution is 2.46. The summed E-state index contributed by atoms with van der Waals surface area (Å²) >= 11 is 6.52. The van der Waals surface area contributed by atoms with Crippen molar-refractivity contribution >= 4 is 46.1 Å². The number of fused-ring (bicyclic) bond motifs is 1. The average molecular weight is 567 g/mol. The molecular formula is C27H30ClF3N4O4. The largest absolute Gasteiger partial charge is 0.573 e. The quantitative estimate of drug-likeness (QED) is 0.287. The van der Waals surface area contributed by atoms with Crippen LogP contribution in [0.25, 0.3) is 11.0 Å². The van der Waals surface area contributed by atoms with Crippen molar-refractivity contribution in [3.63, 3.8) is 0 Å². The summed E-state index contributed by atoms with van der Waals surface area (Å²) in [6.45, 7) is 7.96. The van der Waals surface area contributed by atoms with Gasteiger partial charge in [0.1, 0.15) is 11.8 Å². The van der Waals surface area contributed by atoms with Gasteiger partial charge in [0.15, 0.2) is 0 Å². The highest BCUT2D eigenvalue weighted by atomic mass is 35.5. The molecule has 1 aromatic heterocycles. The van der Waals surface area contributed by atoms with E-state index in [1.54, 1.807) is 6.07 Å². The minimum atomic E-state index is -4.79. The zero-order chi connectivity index (χ0) is 28.7. The maximum absolute atomic E-state index is 12.8. The fourth-order valence-electron chi connectivity index (χ4n) is 5.45. The normalized spacial score (nSPS) is 19.9. The molecule has 1 fully saturated rings. The Kier molecular flexibility index (Phi) is 7.75. The van der Waals surface area contributed by atoms with Crippen LogP contribution in [0.4, 0.5) is 24.8 Å². The van der Waals surface area contributed by atoms with Crippen molar-refractivity contribution in [1.82, 2.24) is 14.9 Å². The third kappa shape index (κ3) is 6.76. The molecule has 210 valence electrons. The molecule has 2 aromatic carbocycles. The number of carbonyl (C=O) groups excluding carboxylic acids is 1. The van der Waals surface area contributed by atoms with E-state index in [0.717, 1.165) is 19.3 Å². The second-order valence-corrected chi connectivity index (χ2v) is 11.3. The van der Waals surface area contributed by atoms with Gasteiger partial charge in [0.25, 0.3) is 5.91 Å². The van der Waals surface area contributed by atoms with E-state index in [2.05, 4.69) is 36.1 Å². The highest BCUT2D eigenvalue weighted by Gasteiger charge is 2.35. The van der Waals surface area contributed by atoms with Gasteiger partial charge in [-0.05, 0) is 73.9 Å². The number of hydrogen-bond acceptors (Lipinski definition) is 5. The predicted molar refractivity (Wildman–Crippen MR) is 142 cm³/mol. The van der Waals surface area contributed by atoms with Crippen LogP contribution in [-0.4, -0.2) is 38.9 Å². The molecule has 8 nitrogen and oxygen atoms in total. The predicted octanol–water partition coefficient (Wildman–Crippen LogP) is 6.92. The van der Waals surface area contributed by atoms with Crippen LogP contribution >= 0.6 is 11.6 Å².